The molecule has 18 heavy (non-hydrogen) atoms. The molecular formula is C13H14FNO3. The number of rotatable bonds is 2. The van der Waals surface area contributed by atoms with Gasteiger partial charge in [-0.2, -0.15) is 0 Å². The number of hydrogen-bond donors (Lipinski definition) is 2. The van der Waals surface area contributed by atoms with E-state index in [9.17, 15) is 14.3 Å². The van der Waals surface area contributed by atoms with Crippen LogP contribution in [0.3, 0.4) is 0 Å². The van der Waals surface area contributed by atoms with Crippen LogP contribution in [0, 0.1) is 11.7 Å². The maximum absolute atomic E-state index is 12.8. The maximum Gasteiger partial charge on any atom is 0.407 e. The van der Waals surface area contributed by atoms with Gasteiger partial charge in [-0.3, -0.25) is 0 Å². The highest BCUT2D eigenvalue weighted by Gasteiger charge is 2.25. The molecule has 0 fully saturated rings. The van der Waals surface area contributed by atoms with Gasteiger partial charge >= 0.3 is 6.09 Å². The van der Waals surface area contributed by atoms with Gasteiger partial charge in [-0.15, -0.1) is 0 Å². The molecule has 0 unspecified atom stereocenters. The first-order valence-corrected chi connectivity index (χ1v) is 5.66. The summed E-state index contributed by atoms with van der Waals surface area (Å²) >= 11 is 0. The number of aliphatic hydroxyl groups excluding tert-OH is 1. The topological polar surface area (TPSA) is 60.8 Å². The fraction of sp³-hybridized carbons (Fsp3) is 0.308. The van der Waals surface area contributed by atoms with Crippen LogP contribution in [-0.4, -0.2) is 40.9 Å². The number of halogens is 1. The molecule has 5 heteroatoms. The van der Waals surface area contributed by atoms with Gasteiger partial charge in [-0.1, -0.05) is 18.2 Å². The van der Waals surface area contributed by atoms with E-state index in [1.165, 1.54) is 17.0 Å². The summed E-state index contributed by atoms with van der Waals surface area (Å²) in [6, 6.07) is 5.99. The molecule has 1 heterocycles. The molecule has 4 nitrogen and oxygen atoms in total. The number of carbonyl (C=O) groups is 1. The van der Waals surface area contributed by atoms with Crippen LogP contribution in [0.25, 0.3) is 5.57 Å². The van der Waals surface area contributed by atoms with E-state index < -0.39 is 6.09 Å². The summed E-state index contributed by atoms with van der Waals surface area (Å²) in [4.78, 5) is 12.1. The molecule has 1 aromatic carbocycles. The Hall–Kier alpha value is -1.88. The van der Waals surface area contributed by atoms with Gasteiger partial charge in [0.05, 0.1) is 6.61 Å². The molecule has 0 bridgehead atoms. The van der Waals surface area contributed by atoms with Gasteiger partial charge in [0.15, 0.2) is 0 Å². The average molecular weight is 251 g/mol. The Bertz CT molecular complexity index is 470. The molecule has 0 aromatic heterocycles. The lowest BCUT2D eigenvalue weighted by Gasteiger charge is -2.30. The smallest absolute Gasteiger partial charge is 0.407 e. The highest BCUT2D eigenvalue weighted by Crippen LogP contribution is 2.27. The summed E-state index contributed by atoms with van der Waals surface area (Å²) < 4.78 is 12.8. The van der Waals surface area contributed by atoms with Crippen LogP contribution in [-0.2, 0) is 0 Å². The van der Waals surface area contributed by atoms with Gasteiger partial charge in [0.2, 0.25) is 0 Å². The zero-order chi connectivity index (χ0) is 13.1. The van der Waals surface area contributed by atoms with Crippen molar-refractivity contribution in [2.24, 2.45) is 5.92 Å². The van der Waals surface area contributed by atoms with Crippen molar-refractivity contribution in [2.75, 3.05) is 19.7 Å². The second-order valence-corrected chi connectivity index (χ2v) is 4.23. The Labute approximate surface area is 104 Å². The summed E-state index contributed by atoms with van der Waals surface area (Å²) in [5, 5.41) is 18.3. The molecule has 1 aromatic rings. The third-order valence-corrected chi connectivity index (χ3v) is 3.08. The third-order valence-electron chi connectivity index (χ3n) is 3.08. The predicted octanol–water partition coefficient (Wildman–Crippen LogP) is 1.81. The predicted molar refractivity (Wildman–Crippen MR) is 64.6 cm³/mol. The molecule has 1 amide bonds. The van der Waals surface area contributed by atoms with Crippen molar-refractivity contribution in [3.8, 4) is 0 Å². The van der Waals surface area contributed by atoms with E-state index >= 15 is 0 Å². The van der Waals surface area contributed by atoms with Crippen molar-refractivity contribution in [3.63, 3.8) is 0 Å². The standard InChI is InChI=1S/C13H14FNO3/c14-11-3-1-9(2-4-11)12-5-6-15(13(17)18)7-10(12)8-16/h1-5,10,16H,6-8H2,(H,17,18)/t10-/m0/s1. The second kappa shape index (κ2) is 5.18. The quantitative estimate of drug-likeness (QED) is 0.842. The van der Waals surface area contributed by atoms with E-state index in [0.29, 0.717) is 6.54 Å². The number of benzene rings is 1. The Morgan fingerprint density at radius 3 is 2.61 bits per heavy atom. The molecule has 0 radical (unpaired) electrons. The summed E-state index contributed by atoms with van der Waals surface area (Å²) in [5.41, 5.74) is 1.69. The van der Waals surface area contributed by atoms with Crippen molar-refractivity contribution < 1.29 is 19.4 Å². The second-order valence-electron chi connectivity index (χ2n) is 4.23. The SMILES string of the molecule is O=C(O)N1CC=C(c2ccc(F)cc2)[C@H](CO)C1. The minimum absolute atomic E-state index is 0.132. The first-order valence-electron chi connectivity index (χ1n) is 5.66. The van der Waals surface area contributed by atoms with E-state index in [4.69, 9.17) is 5.11 Å². The third kappa shape index (κ3) is 2.51. The van der Waals surface area contributed by atoms with Crippen LogP contribution in [0.2, 0.25) is 0 Å². The molecule has 0 spiro atoms. The molecule has 1 aliphatic rings. The number of carboxylic acid groups (broad SMARTS) is 1. The molecule has 1 aliphatic heterocycles. The van der Waals surface area contributed by atoms with Crippen molar-refractivity contribution >= 4 is 11.7 Å². The van der Waals surface area contributed by atoms with E-state index in [0.717, 1.165) is 11.1 Å². The minimum Gasteiger partial charge on any atom is -0.465 e. The largest absolute Gasteiger partial charge is 0.465 e. The summed E-state index contributed by atoms with van der Waals surface area (Å²) in [5.74, 6) is -0.580. The fourth-order valence-electron chi connectivity index (χ4n) is 2.12. The summed E-state index contributed by atoms with van der Waals surface area (Å²) in [6.07, 6.45) is 0.772. The van der Waals surface area contributed by atoms with Gasteiger partial charge in [-0.25, -0.2) is 9.18 Å². The van der Waals surface area contributed by atoms with Crippen molar-refractivity contribution in [2.45, 2.75) is 0 Å². The van der Waals surface area contributed by atoms with Gasteiger partial charge in [0.1, 0.15) is 5.82 Å². The number of nitrogens with zero attached hydrogens (tertiary/aromatic N) is 1. The van der Waals surface area contributed by atoms with Crippen molar-refractivity contribution in [1.29, 1.82) is 0 Å². The minimum atomic E-state index is -0.997. The number of amides is 1. The maximum atomic E-state index is 12.8. The normalized spacial score (nSPS) is 19.6. The van der Waals surface area contributed by atoms with E-state index in [2.05, 4.69) is 0 Å². The van der Waals surface area contributed by atoms with Crippen LogP contribution in [0.1, 0.15) is 5.56 Å². The van der Waals surface area contributed by atoms with Crippen molar-refractivity contribution in [1.82, 2.24) is 4.90 Å². The molecule has 96 valence electrons. The zero-order valence-electron chi connectivity index (χ0n) is 9.71. The summed E-state index contributed by atoms with van der Waals surface area (Å²) in [7, 11) is 0. The lowest BCUT2D eigenvalue weighted by atomic mass is 9.90. The Balaban J connectivity index is 2.26. The Kier molecular flexibility index (Phi) is 3.62. The molecule has 2 N–H and O–H groups in total. The zero-order valence-corrected chi connectivity index (χ0v) is 9.71. The lowest BCUT2D eigenvalue weighted by molar-refractivity contribution is 0.135. The molecular weight excluding hydrogens is 237 g/mol. The van der Waals surface area contributed by atoms with Crippen molar-refractivity contribution in [3.05, 3.63) is 41.7 Å². The highest BCUT2D eigenvalue weighted by atomic mass is 19.1. The first kappa shape index (κ1) is 12.6. The summed E-state index contributed by atoms with van der Waals surface area (Å²) in [6.45, 7) is 0.417. The van der Waals surface area contributed by atoms with Gasteiger partial charge in [-0.05, 0) is 23.3 Å². The van der Waals surface area contributed by atoms with Crippen LogP contribution < -0.4 is 0 Å². The molecule has 0 saturated heterocycles. The van der Waals surface area contributed by atoms with Gasteiger partial charge in [0.25, 0.3) is 0 Å². The highest BCUT2D eigenvalue weighted by molar-refractivity contribution is 5.72. The van der Waals surface area contributed by atoms with E-state index in [1.807, 2.05) is 0 Å². The Morgan fingerprint density at radius 2 is 2.06 bits per heavy atom. The molecule has 2 rings (SSSR count). The monoisotopic (exact) mass is 251 g/mol. The lowest BCUT2D eigenvalue weighted by Crippen LogP contribution is -2.39. The Morgan fingerprint density at radius 1 is 1.39 bits per heavy atom. The van der Waals surface area contributed by atoms with Crippen LogP contribution in [0.15, 0.2) is 30.3 Å². The number of hydrogen-bond acceptors (Lipinski definition) is 2. The molecule has 0 saturated carbocycles. The van der Waals surface area contributed by atoms with Gasteiger partial charge < -0.3 is 15.1 Å². The van der Waals surface area contributed by atoms with E-state index in [1.54, 1.807) is 18.2 Å². The fourth-order valence-corrected chi connectivity index (χ4v) is 2.12. The van der Waals surface area contributed by atoms with Crippen LogP contribution in [0.4, 0.5) is 9.18 Å². The molecule has 1 atom stereocenters. The molecule has 0 aliphatic carbocycles. The van der Waals surface area contributed by atoms with Crippen LogP contribution >= 0.6 is 0 Å². The average Bonchev–Trinajstić information content (AvgIpc) is 2.39. The van der Waals surface area contributed by atoms with Crippen LogP contribution in [0.5, 0.6) is 0 Å². The number of aliphatic hydroxyl groups is 1. The first-order chi connectivity index (χ1) is 8.61. The van der Waals surface area contributed by atoms with Gasteiger partial charge in [0, 0.05) is 19.0 Å². The van der Waals surface area contributed by atoms with E-state index in [-0.39, 0.29) is 24.9 Å².